The van der Waals surface area contributed by atoms with E-state index in [4.69, 9.17) is 0 Å². The van der Waals surface area contributed by atoms with Gasteiger partial charge in [0.1, 0.15) is 10.5 Å². The average molecular weight is 296 g/mol. The van der Waals surface area contributed by atoms with Gasteiger partial charge in [0.05, 0.1) is 10.3 Å². The van der Waals surface area contributed by atoms with E-state index in [0.717, 1.165) is 17.4 Å². The molecule has 3 nitrogen and oxygen atoms in total. The van der Waals surface area contributed by atoms with Crippen LogP contribution in [0.2, 0.25) is 0 Å². The van der Waals surface area contributed by atoms with Gasteiger partial charge >= 0.3 is 6.18 Å². The molecule has 0 saturated carbocycles. The van der Waals surface area contributed by atoms with E-state index in [9.17, 15) is 18.4 Å². The Morgan fingerprint density at radius 3 is 2.65 bits per heavy atom. The SMILES string of the molecule is [O-][n+]1ccc2sc(-c3ccccc3C(F)(F)F)nc2c1. The molecule has 2 aromatic heterocycles. The maximum Gasteiger partial charge on any atom is 0.417 e. The number of halogens is 3. The second kappa shape index (κ2) is 4.45. The zero-order chi connectivity index (χ0) is 14.3. The molecule has 0 spiro atoms. The molecule has 3 aromatic rings. The van der Waals surface area contributed by atoms with Gasteiger partial charge in [-0.1, -0.05) is 18.2 Å². The van der Waals surface area contributed by atoms with E-state index >= 15 is 0 Å². The molecule has 0 bridgehead atoms. The molecule has 1 aromatic carbocycles. The number of hydrogen-bond acceptors (Lipinski definition) is 3. The molecule has 0 aliphatic rings. The molecule has 2 heterocycles. The van der Waals surface area contributed by atoms with E-state index in [1.807, 2.05) is 0 Å². The lowest BCUT2D eigenvalue weighted by Gasteiger charge is -2.10. The lowest BCUT2D eigenvalue weighted by molar-refractivity contribution is -0.603. The van der Waals surface area contributed by atoms with E-state index in [1.165, 1.54) is 30.6 Å². The van der Waals surface area contributed by atoms with Gasteiger partial charge in [-0.05, 0) is 6.07 Å². The van der Waals surface area contributed by atoms with Gasteiger partial charge in [-0.15, -0.1) is 11.3 Å². The fraction of sp³-hybridized carbons (Fsp3) is 0.0769. The summed E-state index contributed by atoms with van der Waals surface area (Å²) >= 11 is 1.13. The zero-order valence-electron chi connectivity index (χ0n) is 9.89. The van der Waals surface area contributed by atoms with E-state index in [2.05, 4.69) is 4.98 Å². The van der Waals surface area contributed by atoms with Gasteiger partial charge in [0.15, 0.2) is 6.20 Å². The number of aromatic nitrogens is 2. The van der Waals surface area contributed by atoms with Crippen molar-refractivity contribution in [2.45, 2.75) is 6.18 Å². The smallest absolute Gasteiger partial charge is 0.417 e. The molecule has 102 valence electrons. The number of rotatable bonds is 1. The number of fused-ring (bicyclic) bond motifs is 1. The largest absolute Gasteiger partial charge is 0.619 e. The molecule has 0 unspecified atom stereocenters. The monoisotopic (exact) mass is 296 g/mol. The molecule has 0 aliphatic carbocycles. The first-order chi connectivity index (χ1) is 9.45. The second-order valence-corrected chi connectivity index (χ2v) is 5.15. The van der Waals surface area contributed by atoms with Crippen molar-refractivity contribution in [3.8, 4) is 10.6 Å². The van der Waals surface area contributed by atoms with Crippen molar-refractivity contribution in [2.75, 3.05) is 0 Å². The Morgan fingerprint density at radius 1 is 1.15 bits per heavy atom. The molecule has 0 aliphatic heterocycles. The minimum Gasteiger partial charge on any atom is -0.619 e. The van der Waals surface area contributed by atoms with Gasteiger partial charge < -0.3 is 5.21 Å². The summed E-state index contributed by atoms with van der Waals surface area (Å²) < 4.78 is 40.2. The van der Waals surface area contributed by atoms with Crippen molar-refractivity contribution in [1.82, 2.24) is 4.98 Å². The molecule has 0 atom stereocenters. The third kappa shape index (κ3) is 2.20. The van der Waals surface area contributed by atoms with E-state index in [-0.39, 0.29) is 10.6 Å². The molecule has 0 radical (unpaired) electrons. The van der Waals surface area contributed by atoms with Crippen LogP contribution in [0.5, 0.6) is 0 Å². The summed E-state index contributed by atoms with van der Waals surface area (Å²) in [6, 6.07) is 6.82. The quantitative estimate of drug-likeness (QED) is 0.508. The summed E-state index contributed by atoms with van der Waals surface area (Å²) in [5.74, 6) is 0. The maximum absolute atomic E-state index is 13.0. The molecular formula is C13H7F3N2OS. The van der Waals surface area contributed by atoms with Gasteiger partial charge in [-0.25, -0.2) is 4.98 Å². The minimum absolute atomic E-state index is 0.0265. The number of pyridine rings is 1. The highest BCUT2D eigenvalue weighted by molar-refractivity contribution is 7.21. The van der Waals surface area contributed by atoms with Crippen molar-refractivity contribution in [1.29, 1.82) is 0 Å². The summed E-state index contributed by atoms with van der Waals surface area (Å²) in [6.45, 7) is 0. The fourth-order valence-corrected chi connectivity index (χ4v) is 2.86. The predicted octanol–water partition coefficient (Wildman–Crippen LogP) is 3.62. The Bertz CT molecular complexity index is 783. The number of alkyl halides is 3. The molecule has 0 N–H and O–H groups in total. The predicted molar refractivity (Wildman–Crippen MR) is 69.0 cm³/mol. The van der Waals surface area contributed by atoms with E-state index < -0.39 is 11.7 Å². The van der Waals surface area contributed by atoms with Crippen LogP contribution in [-0.4, -0.2) is 4.98 Å². The van der Waals surface area contributed by atoms with Gasteiger partial charge in [0, 0.05) is 11.6 Å². The highest BCUT2D eigenvalue weighted by Gasteiger charge is 2.34. The third-order valence-corrected chi connectivity index (χ3v) is 3.84. The molecular weight excluding hydrogens is 289 g/mol. The van der Waals surface area contributed by atoms with Crippen LogP contribution in [0, 0.1) is 5.21 Å². The Labute approximate surface area is 115 Å². The Hall–Kier alpha value is -2.15. The second-order valence-electron chi connectivity index (χ2n) is 4.12. The summed E-state index contributed by atoms with van der Waals surface area (Å²) in [4.78, 5) is 4.12. The van der Waals surface area contributed by atoms with Crippen molar-refractivity contribution < 1.29 is 17.9 Å². The number of benzene rings is 1. The number of thiazole rings is 1. The normalized spacial score (nSPS) is 11.9. The molecule has 0 amide bonds. The van der Waals surface area contributed by atoms with Crippen LogP contribution in [0.25, 0.3) is 20.8 Å². The zero-order valence-corrected chi connectivity index (χ0v) is 10.7. The fourth-order valence-electron chi connectivity index (χ4n) is 1.89. The van der Waals surface area contributed by atoms with Crippen molar-refractivity contribution in [3.05, 3.63) is 53.5 Å². The van der Waals surface area contributed by atoms with E-state index in [0.29, 0.717) is 14.9 Å². The van der Waals surface area contributed by atoms with Crippen molar-refractivity contribution in [3.63, 3.8) is 0 Å². The van der Waals surface area contributed by atoms with Gasteiger partial charge in [0.25, 0.3) is 0 Å². The van der Waals surface area contributed by atoms with Crippen LogP contribution in [0.3, 0.4) is 0 Å². The molecule has 3 rings (SSSR count). The van der Waals surface area contributed by atoms with Crippen LogP contribution in [0.1, 0.15) is 5.56 Å². The lowest BCUT2D eigenvalue weighted by atomic mass is 10.1. The lowest BCUT2D eigenvalue weighted by Crippen LogP contribution is -2.23. The maximum atomic E-state index is 13.0. The van der Waals surface area contributed by atoms with Gasteiger partial charge in [-0.2, -0.15) is 17.9 Å². The molecule has 20 heavy (non-hydrogen) atoms. The Balaban J connectivity index is 2.21. The highest BCUT2D eigenvalue weighted by Crippen LogP contribution is 2.39. The van der Waals surface area contributed by atoms with Crippen LogP contribution >= 0.6 is 11.3 Å². The standard InChI is InChI=1S/C13H7F3N2OS/c14-13(15,16)9-4-2-1-3-8(9)12-17-10-7-18(19)6-5-11(10)20-12/h1-7H. The summed E-state index contributed by atoms with van der Waals surface area (Å²) in [7, 11) is 0. The number of hydrogen-bond donors (Lipinski definition) is 0. The first-order valence-electron chi connectivity index (χ1n) is 5.61. The van der Waals surface area contributed by atoms with Crippen LogP contribution in [0.4, 0.5) is 13.2 Å². The molecule has 7 heteroatoms. The van der Waals surface area contributed by atoms with Crippen molar-refractivity contribution >= 4 is 21.6 Å². The van der Waals surface area contributed by atoms with Gasteiger partial charge in [0.2, 0.25) is 6.20 Å². The third-order valence-electron chi connectivity index (χ3n) is 2.77. The van der Waals surface area contributed by atoms with Crippen LogP contribution in [-0.2, 0) is 6.18 Å². The first-order valence-corrected chi connectivity index (χ1v) is 6.43. The highest BCUT2D eigenvalue weighted by atomic mass is 32.1. The van der Waals surface area contributed by atoms with Crippen LogP contribution in [0.15, 0.2) is 42.7 Å². The van der Waals surface area contributed by atoms with Crippen LogP contribution < -0.4 is 4.73 Å². The Morgan fingerprint density at radius 2 is 1.90 bits per heavy atom. The summed E-state index contributed by atoms with van der Waals surface area (Å²) in [5.41, 5.74) is -0.313. The first kappa shape index (κ1) is 12.9. The topological polar surface area (TPSA) is 39.8 Å². The number of nitrogens with zero attached hydrogens (tertiary/aromatic N) is 2. The minimum atomic E-state index is -4.44. The van der Waals surface area contributed by atoms with E-state index in [1.54, 1.807) is 6.07 Å². The summed E-state index contributed by atoms with van der Waals surface area (Å²) in [6.07, 6.45) is -1.90. The average Bonchev–Trinajstić information content (AvgIpc) is 2.80. The summed E-state index contributed by atoms with van der Waals surface area (Å²) in [5, 5.41) is 11.4. The van der Waals surface area contributed by atoms with Crippen molar-refractivity contribution in [2.24, 2.45) is 0 Å². The Kier molecular flexibility index (Phi) is 2.86. The molecule has 0 saturated heterocycles. The molecule has 0 fully saturated rings. The van der Waals surface area contributed by atoms with Gasteiger partial charge in [-0.3, -0.25) is 0 Å².